The number of methoxy groups -OCH3 is 1. The zero-order chi connectivity index (χ0) is 34.7. The number of benzene rings is 3. The molecule has 1 fully saturated rings. The minimum absolute atomic E-state index is 0.182. The third-order valence-electron chi connectivity index (χ3n) is 8.31. The van der Waals surface area contributed by atoms with E-state index >= 15 is 4.39 Å². The molecule has 0 aromatic heterocycles. The van der Waals surface area contributed by atoms with Crippen LogP contribution >= 0.6 is 0 Å². The van der Waals surface area contributed by atoms with E-state index in [4.69, 9.17) is 9.47 Å². The van der Waals surface area contributed by atoms with E-state index in [0.29, 0.717) is 19.6 Å². The molecule has 11 heteroatoms. The molecule has 1 saturated heterocycles. The average molecular weight is 661 g/mol. The van der Waals surface area contributed by atoms with Crippen molar-refractivity contribution in [2.75, 3.05) is 20.2 Å². The number of nitrogens with zero attached hydrogens (tertiary/aromatic N) is 2. The van der Waals surface area contributed by atoms with Crippen molar-refractivity contribution in [3.63, 3.8) is 0 Å². The molecule has 1 heterocycles. The first-order valence-corrected chi connectivity index (χ1v) is 16.1. The molecule has 0 spiro atoms. The molecule has 0 radical (unpaired) electrons. The third kappa shape index (κ3) is 9.87. The average Bonchev–Trinajstić information content (AvgIpc) is 3.06. The normalized spacial score (nSPS) is 15.1. The van der Waals surface area contributed by atoms with E-state index in [1.807, 2.05) is 60.7 Å². The Kier molecular flexibility index (Phi) is 12.3. The summed E-state index contributed by atoms with van der Waals surface area (Å²) in [4.78, 5) is 58.2. The first-order chi connectivity index (χ1) is 22.9. The van der Waals surface area contributed by atoms with Crippen LogP contribution in [0.15, 0.2) is 84.9 Å². The standard InChI is InChI=1S/C37H45FN4O6/c1-36(2,3)48-35(46)40-31(23-32(43)47-4)33(44)42(26-29-17-11-12-18-30(29)38)37(34(45)39-24-27-13-7-5-8-14-27)19-21-41(22-20-37)25-28-15-9-6-10-16-28/h5-18,31H,19-26H2,1-4H3,(H,39,45)(H,40,46)/t31-/m0/s1. The molecule has 2 N–H and O–H groups in total. The first kappa shape index (κ1) is 36.1. The number of amides is 3. The summed E-state index contributed by atoms with van der Waals surface area (Å²) in [5, 5.41) is 5.55. The molecule has 48 heavy (non-hydrogen) atoms. The number of alkyl carbamates (subject to hydrolysis) is 1. The van der Waals surface area contributed by atoms with Gasteiger partial charge in [0.1, 0.15) is 23.0 Å². The second-order valence-electron chi connectivity index (χ2n) is 13.0. The van der Waals surface area contributed by atoms with Gasteiger partial charge in [0.25, 0.3) is 0 Å². The van der Waals surface area contributed by atoms with Crippen LogP contribution in [0.4, 0.5) is 9.18 Å². The molecule has 0 unspecified atom stereocenters. The number of ether oxygens (including phenoxy) is 2. The largest absolute Gasteiger partial charge is 0.469 e. The van der Waals surface area contributed by atoms with Crippen molar-refractivity contribution >= 4 is 23.9 Å². The maximum atomic E-state index is 15.2. The molecular formula is C37H45FN4O6. The number of carbonyl (C=O) groups excluding carboxylic acids is 4. The zero-order valence-electron chi connectivity index (χ0n) is 28.0. The van der Waals surface area contributed by atoms with Gasteiger partial charge in [0.15, 0.2) is 0 Å². The van der Waals surface area contributed by atoms with E-state index in [9.17, 15) is 19.2 Å². The van der Waals surface area contributed by atoms with Crippen molar-refractivity contribution in [3.05, 3.63) is 107 Å². The van der Waals surface area contributed by atoms with Crippen LogP contribution in [0.5, 0.6) is 0 Å². The summed E-state index contributed by atoms with van der Waals surface area (Å²) in [6.07, 6.45) is -1.00. The molecule has 256 valence electrons. The van der Waals surface area contributed by atoms with E-state index in [0.717, 1.165) is 11.1 Å². The van der Waals surface area contributed by atoms with Gasteiger partial charge in [-0.2, -0.15) is 0 Å². The number of nitrogens with one attached hydrogen (secondary N) is 2. The molecule has 1 atom stereocenters. The summed E-state index contributed by atoms with van der Waals surface area (Å²) in [6.45, 7) is 6.49. The van der Waals surface area contributed by atoms with Crippen LogP contribution in [-0.2, 0) is 43.5 Å². The van der Waals surface area contributed by atoms with Crippen LogP contribution in [0.1, 0.15) is 56.7 Å². The topological polar surface area (TPSA) is 117 Å². The van der Waals surface area contributed by atoms with Gasteiger partial charge in [-0.15, -0.1) is 0 Å². The number of halogens is 1. The Labute approximate surface area is 281 Å². The fourth-order valence-corrected chi connectivity index (χ4v) is 5.81. The monoisotopic (exact) mass is 660 g/mol. The summed E-state index contributed by atoms with van der Waals surface area (Å²) in [7, 11) is 1.18. The molecule has 0 bridgehead atoms. The van der Waals surface area contributed by atoms with Crippen LogP contribution in [-0.4, -0.2) is 71.1 Å². The molecule has 1 aliphatic heterocycles. The predicted molar refractivity (Wildman–Crippen MR) is 179 cm³/mol. The fourth-order valence-electron chi connectivity index (χ4n) is 5.81. The van der Waals surface area contributed by atoms with Crippen LogP contribution in [0.2, 0.25) is 0 Å². The van der Waals surface area contributed by atoms with Gasteiger partial charge in [-0.1, -0.05) is 78.9 Å². The molecule has 4 rings (SSSR count). The number of rotatable bonds is 12. The highest BCUT2D eigenvalue weighted by molar-refractivity contribution is 5.96. The van der Waals surface area contributed by atoms with E-state index < -0.39 is 53.3 Å². The summed E-state index contributed by atoms with van der Waals surface area (Å²) < 4.78 is 25.5. The predicted octanol–water partition coefficient (Wildman–Crippen LogP) is 4.96. The number of likely N-dealkylation sites (tertiary alicyclic amines) is 1. The van der Waals surface area contributed by atoms with E-state index in [1.54, 1.807) is 39.0 Å². The van der Waals surface area contributed by atoms with Crippen LogP contribution in [0.3, 0.4) is 0 Å². The molecule has 0 saturated carbocycles. The fraction of sp³-hybridized carbons (Fsp3) is 0.405. The molecule has 3 aromatic rings. The third-order valence-corrected chi connectivity index (χ3v) is 8.31. The van der Waals surface area contributed by atoms with E-state index in [1.165, 1.54) is 18.1 Å². The minimum Gasteiger partial charge on any atom is -0.469 e. The lowest BCUT2D eigenvalue weighted by molar-refractivity contribution is -0.156. The van der Waals surface area contributed by atoms with Gasteiger partial charge in [-0.25, -0.2) is 9.18 Å². The van der Waals surface area contributed by atoms with Gasteiger partial charge in [0.2, 0.25) is 11.8 Å². The van der Waals surface area contributed by atoms with Crippen molar-refractivity contribution in [2.45, 2.75) is 76.8 Å². The van der Waals surface area contributed by atoms with Gasteiger partial charge in [0.05, 0.1) is 13.5 Å². The lowest BCUT2D eigenvalue weighted by Gasteiger charge is -2.48. The highest BCUT2D eigenvalue weighted by atomic mass is 19.1. The molecule has 1 aliphatic rings. The van der Waals surface area contributed by atoms with Gasteiger partial charge < -0.3 is 25.0 Å². The Bertz CT molecular complexity index is 1540. The van der Waals surface area contributed by atoms with Crippen molar-refractivity contribution in [2.24, 2.45) is 0 Å². The van der Waals surface area contributed by atoms with E-state index in [2.05, 4.69) is 15.5 Å². The highest BCUT2D eigenvalue weighted by Gasteiger charge is 2.50. The molecule has 3 amide bonds. The van der Waals surface area contributed by atoms with Crippen molar-refractivity contribution in [3.8, 4) is 0 Å². The summed E-state index contributed by atoms with van der Waals surface area (Å²) in [5.41, 5.74) is -0.185. The van der Waals surface area contributed by atoms with Crippen LogP contribution in [0, 0.1) is 5.82 Å². The molecule has 10 nitrogen and oxygen atoms in total. The maximum absolute atomic E-state index is 15.2. The Morgan fingerprint density at radius 3 is 2.06 bits per heavy atom. The van der Waals surface area contributed by atoms with Crippen molar-refractivity contribution < 1.29 is 33.0 Å². The SMILES string of the molecule is COC(=O)C[C@H](NC(=O)OC(C)(C)C)C(=O)N(Cc1ccccc1F)C1(C(=O)NCc2ccccc2)CCN(Cc2ccccc2)CC1. The maximum Gasteiger partial charge on any atom is 0.408 e. The second-order valence-corrected chi connectivity index (χ2v) is 13.0. The smallest absolute Gasteiger partial charge is 0.408 e. The Hall–Kier alpha value is -4.77. The highest BCUT2D eigenvalue weighted by Crippen LogP contribution is 2.33. The van der Waals surface area contributed by atoms with Crippen molar-refractivity contribution in [1.29, 1.82) is 0 Å². The summed E-state index contributed by atoms with van der Waals surface area (Å²) >= 11 is 0. The molecule has 0 aliphatic carbocycles. The van der Waals surface area contributed by atoms with Gasteiger partial charge >= 0.3 is 12.1 Å². The molecular weight excluding hydrogens is 615 g/mol. The van der Waals surface area contributed by atoms with Crippen LogP contribution < -0.4 is 10.6 Å². The number of esters is 1. The summed E-state index contributed by atoms with van der Waals surface area (Å²) in [5.74, 6) is -2.46. The quantitative estimate of drug-likeness (QED) is 0.264. The van der Waals surface area contributed by atoms with Gasteiger partial charge in [0, 0.05) is 38.3 Å². The Morgan fingerprint density at radius 2 is 1.48 bits per heavy atom. The van der Waals surface area contributed by atoms with Gasteiger partial charge in [-0.05, 0) is 50.8 Å². The molecule has 3 aromatic carbocycles. The van der Waals surface area contributed by atoms with Gasteiger partial charge in [-0.3, -0.25) is 19.3 Å². The zero-order valence-corrected chi connectivity index (χ0v) is 28.0. The van der Waals surface area contributed by atoms with E-state index in [-0.39, 0.29) is 31.5 Å². The number of piperidine rings is 1. The Morgan fingerprint density at radius 1 is 0.896 bits per heavy atom. The lowest BCUT2D eigenvalue weighted by atomic mass is 9.83. The van der Waals surface area contributed by atoms with Crippen LogP contribution in [0.25, 0.3) is 0 Å². The summed E-state index contributed by atoms with van der Waals surface area (Å²) in [6, 6.07) is 23.9. The second kappa shape index (κ2) is 16.4. The minimum atomic E-state index is -1.46. The number of hydrogen-bond donors (Lipinski definition) is 2. The Balaban J connectivity index is 1.74. The number of carbonyl (C=O) groups is 4. The number of hydrogen-bond acceptors (Lipinski definition) is 7. The first-order valence-electron chi connectivity index (χ1n) is 16.1. The lowest BCUT2D eigenvalue weighted by Crippen LogP contribution is -2.66. The van der Waals surface area contributed by atoms with Crippen molar-refractivity contribution in [1.82, 2.24) is 20.4 Å².